The van der Waals surface area contributed by atoms with E-state index in [2.05, 4.69) is 4.90 Å². The molecule has 1 N–H and O–H groups in total. The molecule has 0 saturated heterocycles. The zero-order chi connectivity index (χ0) is 8.69. The van der Waals surface area contributed by atoms with E-state index in [0.29, 0.717) is 0 Å². The first-order chi connectivity index (χ1) is 5.22. The number of rotatable bonds is 6. The molecule has 11 heavy (non-hydrogen) atoms. The molecule has 0 aliphatic rings. The van der Waals surface area contributed by atoms with Gasteiger partial charge in [-0.3, -0.25) is 0 Å². The molecule has 0 aromatic heterocycles. The van der Waals surface area contributed by atoms with Gasteiger partial charge < -0.3 is 14.7 Å². The van der Waals surface area contributed by atoms with E-state index in [9.17, 15) is 0 Å². The van der Waals surface area contributed by atoms with Gasteiger partial charge in [0.05, 0.1) is 6.61 Å². The third kappa shape index (κ3) is 5.18. The molecule has 0 heterocycles. The van der Waals surface area contributed by atoms with Crippen molar-refractivity contribution in [2.24, 2.45) is 0 Å². The minimum atomic E-state index is 0.226. The van der Waals surface area contributed by atoms with Gasteiger partial charge in [-0.2, -0.15) is 0 Å². The van der Waals surface area contributed by atoms with Crippen LogP contribution in [-0.2, 0) is 4.74 Å². The van der Waals surface area contributed by atoms with Crippen molar-refractivity contribution >= 4 is 0 Å². The van der Waals surface area contributed by atoms with Crippen LogP contribution in [0.2, 0.25) is 0 Å². The zero-order valence-electron chi connectivity index (χ0n) is 7.71. The Morgan fingerprint density at radius 2 is 2.18 bits per heavy atom. The molecule has 0 saturated carbocycles. The number of likely N-dealkylation sites (N-methyl/N-ethyl adjacent to an activating group) is 1. The Kier molecular flexibility index (Phi) is 6.51. The van der Waals surface area contributed by atoms with Crippen molar-refractivity contribution in [1.29, 1.82) is 0 Å². The molecule has 0 aliphatic heterocycles. The minimum absolute atomic E-state index is 0.226. The maximum absolute atomic E-state index is 8.79. The average molecular weight is 161 g/mol. The highest BCUT2D eigenvalue weighted by Crippen LogP contribution is 1.95. The molecule has 3 heteroatoms. The van der Waals surface area contributed by atoms with E-state index in [-0.39, 0.29) is 12.6 Å². The highest BCUT2D eigenvalue weighted by atomic mass is 16.5. The Hall–Kier alpha value is -0.120. The summed E-state index contributed by atoms with van der Waals surface area (Å²) in [4.78, 5) is 2.12. The second kappa shape index (κ2) is 6.58. The van der Waals surface area contributed by atoms with Gasteiger partial charge in [-0.05, 0) is 20.4 Å². The van der Waals surface area contributed by atoms with Gasteiger partial charge in [0.1, 0.15) is 0 Å². The fourth-order valence-electron chi connectivity index (χ4n) is 0.818. The summed E-state index contributed by atoms with van der Waals surface area (Å²) < 4.78 is 4.92. The predicted octanol–water partition coefficient (Wildman–Crippen LogP) is 0.336. The largest absolute Gasteiger partial charge is 0.395 e. The molecule has 0 aromatic carbocycles. The number of ether oxygens (including phenoxy) is 1. The van der Waals surface area contributed by atoms with Crippen LogP contribution in [0.15, 0.2) is 0 Å². The Morgan fingerprint density at radius 1 is 1.55 bits per heavy atom. The summed E-state index contributed by atoms with van der Waals surface area (Å²) >= 11 is 0. The number of aliphatic hydroxyl groups excluding tert-OH is 1. The van der Waals surface area contributed by atoms with Crippen molar-refractivity contribution < 1.29 is 9.84 Å². The number of methoxy groups -OCH3 is 1. The minimum Gasteiger partial charge on any atom is -0.395 e. The first-order valence-electron chi connectivity index (χ1n) is 4.02. The normalized spacial score (nSPS) is 13.9. The lowest BCUT2D eigenvalue weighted by Gasteiger charge is -2.22. The molecule has 1 atom stereocenters. The van der Waals surface area contributed by atoms with Crippen molar-refractivity contribution in [3.63, 3.8) is 0 Å². The summed E-state index contributed by atoms with van der Waals surface area (Å²) in [5, 5.41) is 8.79. The molecule has 1 unspecified atom stereocenters. The molecule has 0 bridgehead atoms. The summed E-state index contributed by atoms with van der Waals surface area (Å²) in [5.41, 5.74) is 0. The molecule has 3 nitrogen and oxygen atoms in total. The van der Waals surface area contributed by atoms with Crippen LogP contribution in [0.4, 0.5) is 0 Å². The van der Waals surface area contributed by atoms with E-state index in [4.69, 9.17) is 9.84 Å². The molecule has 0 radical (unpaired) electrons. The van der Waals surface area contributed by atoms with Gasteiger partial charge in [-0.15, -0.1) is 0 Å². The third-order valence-electron chi connectivity index (χ3n) is 1.88. The molecule has 0 rings (SSSR count). The summed E-state index contributed by atoms with van der Waals surface area (Å²) in [6.07, 6.45) is 1.03. The van der Waals surface area contributed by atoms with E-state index >= 15 is 0 Å². The third-order valence-corrected chi connectivity index (χ3v) is 1.88. The van der Waals surface area contributed by atoms with E-state index in [1.165, 1.54) is 0 Å². The van der Waals surface area contributed by atoms with Crippen molar-refractivity contribution in [3.05, 3.63) is 0 Å². The van der Waals surface area contributed by atoms with Gasteiger partial charge in [0.25, 0.3) is 0 Å². The lowest BCUT2D eigenvalue weighted by atomic mass is 10.3. The second-order valence-corrected chi connectivity index (χ2v) is 2.86. The molecule has 0 fully saturated rings. The fourth-order valence-corrected chi connectivity index (χ4v) is 0.818. The first kappa shape index (κ1) is 10.9. The molecule has 0 aromatic rings. The van der Waals surface area contributed by atoms with Crippen LogP contribution in [-0.4, -0.2) is 50.0 Å². The molecule has 0 spiro atoms. The Balaban J connectivity index is 3.28. The van der Waals surface area contributed by atoms with Crippen molar-refractivity contribution in [1.82, 2.24) is 4.90 Å². The van der Waals surface area contributed by atoms with E-state index in [0.717, 1.165) is 19.6 Å². The molecule has 68 valence electrons. The number of hydrogen-bond acceptors (Lipinski definition) is 3. The van der Waals surface area contributed by atoms with E-state index in [1.807, 2.05) is 14.0 Å². The van der Waals surface area contributed by atoms with Gasteiger partial charge in [-0.1, -0.05) is 0 Å². The fraction of sp³-hybridized carbons (Fsp3) is 1.00. The molecule has 0 amide bonds. The van der Waals surface area contributed by atoms with Gasteiger partial charge in [0, 0.05) is 26.3 Å². The monoisotopic (exact) mass is 161 g/mol. The van der Waals surface area contributed by atoms with Crippen LogP contribution in [0.25, 0.3) is 0 Å². The van der Waals surface area contributed by atoms with Crippen LogP contribution in [0, 0.1) is 0 Å². The van der Waals surface area contributed by atoms with Gasteiger partial charge in [-0.25, -0.2) is 0 Å². The maximum Gasteiger partial charge on any atom is 0.0584 e. The van der Waals surface area contributed by atoms with Crippen LogP contribution in [0.5, 0.6) is 0 Å². The van der Waals surface area contributed by atoms with Gasteiger partial charge in [0.2, 0.25) is 0 Å². The average Bonchev–Trinajstić information content (AvgIpc) is 2.03. The summed E-state index contributed by atoms with van der Waals surface area (Å²) in [6.45, 7) is 4.01. The Labute approximate surface area is 69.0 Å². The number of aliphatic hydroxyl groups is 1. The summed E-state index contributed by atoms with van der Waals surface area (Å²) in [5.74, 6) is 0. The lowest BCUT2D eigenvalue weighted by Crippen LogP contribution is -2.33. The number of nitrogens with zero attached hydrogens (tertiary/aromatic N) is 1. The summed E-state index contributed by atoms with van der Waals surface area (Å²) in [7, 11) is 3.71. The smallest absolute Gasteiger partial charge is 0.0584 e. The lowest BCUT2D eigenvalue weighted by molar-refractivity contribution is 0.136. The van der Waals surface area contributed by atoms with Gasteiger partial charge >= 0.3 is 0 Å². The van der Waals surface area contributed by atoms with Crippen molar-refractivity contribution in [3.8, 4) is 0 Å². The van der Waals surface area contributed by atoms with Crippen LogP contribution in [0.3, 0.4) is 0 Å². The highest BCUT2D eigenvalue weighted by molar-refractivity contribution is 4.60. The van der Waals surface area contributed by atoms with Crippen LogP contribution >= 0.6 is 0 Å². The predicted molar refractivity (Wildman–Crippen MR) is 45.7 cm³/mol. The maximum atomic E-state index is 8.79. The van der Waals surface area contributed by atoms with Crippen molar-refractivity contribution in [2.45, 2.75) is 19.4 Å². The second-order valence-electron chi connectivity index (χ2n) is 2.86. The SMILES string of the molecule is COCCCN(C)C(C)CO. The van der Waals surface area contributed by atoms with E-state index < -0.39 is 0 Å². The van der Waals surface area contributed by atoms with E-state index in [1.54, 1.807) is 7.11 Å². The van der Waals surface area contributed by atoms with Crippen LogP contribution < -0.4 is 0 Å². The van der Waals surface area contributed by atoms with Crippen LogP contribution in [0.1, 0.15) is 13.3 Å². The van der Waals surface area contributed by atoms with Crippen molar-refractivity contribution in [2.75, 3.05) is 33.9 Å². The first-order valence-corrected chi connectivity index (χ1v) is 4.02. The zero-order valence-corrected chi connectivity index (χ0v) is 7.71. The van der Waals surface area contributed by atoms with Gasteiger partial charge in [0.15, 0.2) is 0 Å². The summed E-state index contributed by atoms with van der Waals surface area (Å²) in [6, 6.07) is 0.256. The Bertz CT molecular complexity index is 88.2. The highest BCUT2D eigenvalue weighted by Gasteiger charge is 2.05. The molecular formula is C8H19NO2. The Morgan fingerprint density at radius 3 is 2.64 bits per heavy atom. The molecule has 0 aliphatic carbocycles. The number of hydrogen-bond donors (Lipinski definition) is 1. The quantitative estimate of drug-likeness (QED) is 0.570. The molecular weight excluding hydrogens is 142 g/mol. The topological polar surface area (TPSA) is 32.7 Å². The standard InChI is InChI=1S/C8H19NO2/c1-8(7-10)9(2)5-4-6-11-3/h8,10H,4-7H2,1-3H3.